The Labute approximate surface area is 147 Å². The summed E-state index contributed by atoms with van der Waals surface area (Å²) in [5.74, 6) is 0. The van der Waals surface area contributed by atoms with Crippen molar-refractivity contribution >= 4 is 22.6 Å². The van der Waals surface area contributed by atoms with Gasteiger partial charge >= 0.3 is 0 Å². The minimum Gasteiger partial charge on any atom is -0.338 e. The Bertz CT molecular complexity index is 536. The van der Waals surface area contributed by atoms with Gasteiger partial charge in [-0.25, -0.2) is 0 Å². The molecule has 0 saturated carbocycles. The van der Waals surface area contributed by atoms with Gasteiger partial charge in [-0.3, -0.25) is 0 Å². The highest BCUT2D eigenvalue weighted by molar-refractivity contribution is 14.1. The van der Waals surface area contributed by atoms with E-state index in [1.807, 2.05) is 24.3 Å². The van der Waals surface area contributed by atoms with Crippen molar-refractivity contribution < 1.29 is 9.47 Å². The highest BCUT2D eigenvalue weighted by Gasteiger charge is 2.46. The van der Waals surface area contributed by atoms with Crippen molar-refractivity contribution in [1.82, 2.24) is 0 Å². The van der Waals surface area contributed by atoms with Crippen molar-refractivity contribution in [2.24, 2.45) is 0 Å². The summed E-state index contributed by atoms with van der Waals surface area (Å²) in [6, 6.07) is 10.2. The quantitative estimate of drug-likeness (QED) is 0.440. The lowest BCUT2D eigenvalue weighted by molar-refractivity contribution is -0.298. The third-order valence-electron chi connectivity index (χ3n) is 4.38. The Balaban J connectivity index is 2.44. The predicted molar refractivity (Wildman–Crippen MR) is 100.0 cm³/mol. The van der Waals surface area contributed by atoms with Crippen LogP contribution < -0.4 is 0 Å². The lowest BCUT2D eigenvalue weighted by Gasteiger charge is -2.48. The number of hydrogen-bond acceptors (Lipinski definition) is 2. The van der Waals surface area contributed by atoms with Crippen LogP contribution in [0.3, 0.4) is 0 Å². The third-order valence-corrected chi connectivity index (χ3v) is 4.70. The Kier molecular flexibility index (Phi) is 5.86. The van der Waals surface area contributed by atoms with Gasteiger partial charge in [0.25, 0.3) is 0 Å². The minimum atomic E-state index is -0.361. The Morgan fingerprint density at radius 2 is 1.82 bits per heavy atom. The van der Waals surface area contributed by atoms with Crippen LogP contribution in [0.5, 0.6) is 0 Å². The van der Waals surface area contributed by atoms with Crippen molar-refractivity contribution in [3.05, 3.63) is 58.2 Å². The van der Waals surface area contributed by atoms with Gasteiger partial charge in [-0.2, -0.15) is 0 Å². The maximum atomic E-state index is 6.43. The van der Waals surface area contributed by atoms with E-state index in [2.05, 4.69) is 68.1 Å². The van der Waals surface area contributed by atoms with Gasteiger partial charge in [0.1, 0.15) is 0 Å². The zero-order valence-corrected chi connectivity index (χ0v) is 15.8. The molecule has 2 rings (SSSR count). The van der Waals surface area contributed by atoms with Crippen LogP contribution in [0, 0.1) is 0 Å². The molecule has 0 N–H and O–H groups in total. The van der Waals surface area contributed by atoms with E-state index in [1.165, 1.54) is 3.58 Å². The molecule has 1 aliphatic rings. The van der Waals surface area contributed by atoms with Crippen LogP contribution >= 0.6 is 22.6 Å². The molecule has 22 heavy (non-hydrogen) atoms. The maximum Gasteiger partial charge on any atom is 0.185 e. The summed E-state index contributed by atoms with van der Waals surface area (Å²) in [6.07, 6.45) is 6.43. The summed E-state index contributed by atoms with van der Waals surface area (Å²) >= 11 is 2.35. The Morgan fingerprint density at radius 3 is 2.32 bits per heavy atom. The third kappa shape index (κ3) is 3.81. The summed E-state index contributed by atoms with van der Waals surface area (Å²) < 4.78 is 14.0. The van der Waals surface area contributed by atoms with E-state index in [4.69, 9.17) is 9.47 Å². The molecule has 0 amide bonds. The van der Waals surface area contributed by atoms with Crippen molar-refractivity contribution in [2.75, 3.05) is 0 Å². The second kappa shape index (κ2) is 7.28. The SMILES string of the molecule is C=C[C@]1(CC)C[C@@](/C=C(\C)I)(CC)O[C@H](c2ccccc2)O1. The molecule has 120 valence electrons. The van der Waals surface area contributed by atoms with E-state index in [0.717, 1.165) is 24.8 Å². The van der Waals surface area contributed by atoms with E-state index in [1.54, 1.807) is 0 Å². The van der Waals surface area contributed by atoms with Crippen LogP contribution in [0.1, 0.15) is 51.9 Å². The molecule has 1 heterocycles. The van der Waals surface area contributed by atoms with Crippen LogP contribution in [-0.4, -0.2) is 11.2 Å². The fourth-order valence-corrected chi connectivity index (χ4v) is 3.58. The number of allylic oxidation sites excluding steroid dienone is 1. The molecule has 2 nitrogen and oxygen atoms in total. The average molecular weight is 412 g/mol. The van der Waals surface area contributed by atoms with Gasteiger partial charge < -0.3 is 9.47 Å². The van der Waals surface area contributed by atoms with E-state index in [0.29, 0.717) is 0 Å². The van der Waals surface area contributed by atoms with Gasteiger partial charge in [0.05, 0.1) is 11.2 Å². The normalized spacial score (nSPS) is 32.7. The first-order valence-electron chi connectivity index (χ1n) is 7.87. The summed E-state index contributed by atoms with van der Waals surface area (Å²) in [5, 5.41) is 0. The van der Waals surface area contributed by atoms with Crippen LogP contribution in [-0.2, 0) is 9.47 Å². The highest BCUT2D eigenvalue weighted by atomic mass is 127. The molecular weight excluding hydrogens is 387 g/mol. The van der Waals surface area contributed by atoms with E-state index in [9.17, 15) is 0 Å². The van der Waals surface area contributed by atoms with Gasteiger partial charge in [-0.1, -0.05) is 50.3 Å². The first-order valence-corrected chi connectivity index (χ1v) is 8.95. The van der Waals surface area contributed by atoms with Crippen molar-refractivity contribution in [3.63, 3.8) is 0 Å². The topological polar surface area (TPSA) is 18.5 Å². The molecule has 0 aliphatic carbocycles. The van der Waals surface area contributed by atoms with E-state index >= 15 is 0 Å². The van der Waals surface area contributed by atoms with Crippen LogP contribution in [0.25, 0.3) is 0 Å². The molecule has 0 unspecified atom stereocenters. The molecule has 0 aromatic heterocycles. The molecule has 0 spiro atoms. The van der Waals surface area contributed by atoms with Gasteiger partial charge in [0.15, 0.2) is 6.29 Å². The number of rotatable bonds is 5. The Hall–Kier alpha value is -0.650. The lowest BCUT2D eigenvalue weighted by Crippen LogP contribution is -2.49. The van der Waals surface area contributed by atoms with Gasteiger partial charge in [0.2, 0.25) is 0 Å². The predicted octanol–water partition coefficient (Wildman–Crippen LogP) is 5.94. The van der Waals surface area contributed by atoms with Gasteiger partial charge in [-0.15, -0.1) is 6.58 Å². The summed E-state index contributed by atoms with van der Waals surface area (Å²) in [7, 11) is 0. The molecule has 3 atom stereocenters. The van der Waals surface area contributed by atoms with Crippen LogP contribution in [0.15, 0.2) is 52.6 Å². The second-order valence-corrected chi connectivity index (χ2v) is 7.63. The van der Waals surface area contributed by atoms with E-state index in [-0.39, 0.29) is 17.5 Å². The van der Waals surface area contributed by atoms with E-state index < -0.39 is 0 Å². The maximum absolute atomic E-state index is 6.43. The molecule has 1 aliphatic heterocycles. The zero-order chi connectivity index (χ0) is 16.2. The summed E-state index contributed by atoms with van der Waals surface area (Å²) in [4.78, 5) is 0. The number of halogens is 1. The first kappa shape index (κ1) is 17.7. The molecule has 0 bridgehead atoms. The van der Waals surface area contributed by atoms with Crippen molar-refractivity contribution in [2.45, 2.75) is 57.5 Å². The second-order valence-electron chi connectivity index (χ2n) is 5.93. The molecular formula is C19H25IO2. The zero-order valence-electron chi connectivity index (χ0n) is 13.6. The molecule has 1 aromatic carbocycles. The smallest absolute Gasteiger partial charge is 0.185 e. The summed E-state index contributed by atoms with van der Waals surface area (Å²) in [5.41, 5.74) is 0.394. The lowest BCUT2D eigenvalue weighted by atomic mass is 9.81. The van der Waals surface area contributed by atoms with Crippen molar-refractivity contribution in [3.8, 4) is 0 Å². The number of benzene rings is 1. The first-order chi connectivity index (χ1) is 10.5. The number of hydrogen-bond donors (Lipinski definition) is 0. The molecule has 1 aromatic rings. The standard InChI is InChI=1S/C19H25IO2/c1-5-18(6-2)14-19(7-3,13-15(4)20)22-17(21-18)16-11-9-8-10-12-16/h5,8-13,17H,1,6-7,14H2,2-4H3/b15-13+/t17-,18+,19+/m1/s1. The van der Waals surface area contributed by atoms with Gasteiger partial charge in [-0.05, 0) is 52.0 Å². The van der Waals surface area contributed by atoms with Gasteiger partial charge in [0, 0.05) is 12.0 Å². The van der Waals surface area contributed by atoms with Crippen LogP contribution in [0.4, 0.5) is 0 Å². The molecule has 3 heteroatoms. The molecule has 0 radical (unpaired) electrons. The Morgan fingerprint density at radius 1 is 1.23 bits per heavy atom. The molecule has 1 saturated heterocycles. The largest absolute Gasteiger partial charge is 0.338 e. The fourth-order valence-electron chi connectivity index (χ4n) is 3.02. The fraction of sp³-hybridized carbons (Fsp3) is 0.474. The molecule has 1 fully saturated rings. The monoisotopic (exact) mass is 412 g/mol. The van der Waals surface area contributed by atoms with Crippen LogP contribution in [0.2, 0.25) is 0 Å². The number of ether oxygens (including phenoxy) is 2. The summed E-state index contributed by atoms with van der Waals surface area (Å²) in [6.45, 7) is 10.5. The highest BCUT2D eigenvalue weighted by Crippen LogP contribution is 2.46. The van der Waals surface area contributed by atoms with Crippen molar-refractivity contribution in [1.29, 1.82) is 0 Å². The average Bonchev–Trinajstić information content (AvgIpc) is 2.54. The minimum absolute atomic E-state index is 0.311.